The van der Waals surface area contributed by atoms with Crippen LogP contribution >= 0.6 is 11.3 Å². The second-order valence-electron chi connectivity index (χ2n) is 4.57. The molecular weight excluding hydrogens is 296 g/mol. The SMILES string of the molecule is CCCCC(=O)Nc1nc2ccc(S(C)(=O)=O)cc2s1. The van der Waals surface area contributed by atoms with Gasteiger partial charge in [0.05, 0.1) is 15.1 Å². The molecule has 0 aliphatic carbocycles. The lowest BCUT2D eigenvalue weighted by Gasteiger charge is -1.98. The van der Waals surface area contributed by atoms with Gasteiger partial charge in [0.25, 0.3) is 0 Å². The Hall–Kier alpha value is -1.47. The van der Waals surface area contributed by atoms with E-state index in [4.69, 9.17) is 0 Å². The fourth-order valence-corrected chi connectivity index (χ4v) is 3.35. The predicted octanol–water partition coefficient (Wildman–Crippen LogP) is 2.83. The van der Waals surface area contributed by atoms with Crippen molar-refractivity contribution in [3.63, 3.8) is 0 Å². The standard InChI is InChI=1S/C13H16N2O3S2/c1-3-4-5-12(16)15-13-14-10-7-6-9(20(2,17)18)8-11(10)19-13/h6-8H,3-5H2,1-2H3,(H,14,15,16). The summed E-state index contributed by atoms with van der Waals surface area (Å²) in [6.07, 6.45) is 3.45. The van der Waals surface area contributed by atoms with Gasteiger partial charge in [-0.2, -0.15) is 0 Å². The Morgan fingerprint density at radius 1 is 1.40 bits per heavy atom. The molecule has 7 heteroatoms. The third kappa shape index (κ3) is 3.55. The lowest BCUT2D eigenvalue weighted by atomic mass is 10.2. The minimum absolute atomic E-state index is 0.0609. The number of carbonyl (C=O) groups excluding carboxylic acids is 1. The van der Waals surface area contributed by atoms with Crippen molar-refractivity contribution < 1.29 is 13.2 Å². The van der Waals surface area contributed by atoms with Gasteiger partial charge >= 0.3 is 0 Å². The molecule has 0 radical (unpaired) electrons. The molecule has 0 spiro atoms. The summed E-state index contributed by atoms with van der Waals surface area (Å²) in [6.45, 7) is 2.03. The van der Waals surface area contributed by atoms with Crippen LogP contribution in [0.2, 0.25) is 0 Å². The van der Waals surface area contributed by atoms with Crippen LogP contribution in [-0.2, 0) is 14.6 Å². The van der Waals surface area contributed by atoms with Crippen LogP contribution in [0.5, 0.6) is 0 Å². The largest absolute Gasteiger partial charge is 0.302 e. The minimum atomic E-state index is -3.23. The third-order valence-corrected chi connectivity index (χ3v) is 4.84. The summed E-state index contributed by atoms with van der Waals surface area (Å²) < 4.78 is 23.7. The van der Waals surface area contributed by atoms with E-state index in [2.05, 4.69) is 10.3 Å². The van der Waals surface area contributed by atoms with Crippen LogP contribution in [0.1, 0.15) is 26.2 Å². The molecule has 0 fully saturated rings. The van der Waals surface area contributed by atoms with E-state index in [-0.39, 0.29) is 10.8 Å². The lowest BCUT2D eigenvalue weighted by molar-refractivity contribution is -0.116. The van der Waals surface area contributed by atoms with E-state index in [0.29, 0.717) is 17.1 Å². The van der Waals surface area contributed by atoms with Crippen LogP contribution in [-0.4, -0.2) is 25.6 Å². The number of thiazole rings is 1. The van der Waals surface area contributed by atoms with Gasteiger partial charge in [-0.15, -0.1) is 0 Å². The number of amides is 1. The Morgan fingerprint density at radius 3 is 2.80 bits per heavy atom. The van der Waals surface area contributed by atoms with Crippen LogP contribution in [0, 0.1) is 0 Å². The van der Waals surface area contributed by atoms with Crippen molar-refractivity contribution in [3.8, 4) is 0 Å². The van der Waals surface area contributed by atoms with E-state index in [1.54, 1.807) is 12.1 Å². The Labute approximate surface area is 121 Å². The molecule has 108 valence electrons. The first-order chi connectivity index (χ1) is 9.40. The van der Waals surface area contributed by atoms with Gasteiger partial charge in [0.1, 0.15) is 0 Å². The number of benzene rings is 1. The molecule has 1 aromatic carbocycles. The molecule has 0 aliphatic rings. The smallest absolute Gasteiger partial charge is 0.226 e. The van der Waals surface area contributed by atoms with Crippen LogP contribution < -0.4 is 5.32 Å². The molecular formula is C13H16N2O3S2. The van der Waals surface area contributed by atoms with Crippen LogP contribution in [0.3, 0.4) is 0 Å². The van der Waals surface area contributed by atoms with Gasteiger partial charge in [0, 0.05) is 12.7 Å². The molecule has 2 rings (SSSR count). The second-order valence-corrected chi connectivity index (χ2v) is 7.62. The topological polar surface area (TPSA) is 76.1 Å². The lowest BCUT2D eigenvalue weighted by Crippen LogP contribution is -2.10. The summed E-state index contributed by atoms with van der Waals surface area (Å²) >= 11 is 1.28. The van der Waals surface area contributed by atoms with Gasteiger partial charge in [-0.25, -0.2) is 13.4 Å². The Balaban J connectivity index is 2.23. The number of rotatable bonds is 5. The summed E-state index contributed by atoms with van der Waals surface area (Å²) in [5.41, 5.74) is 0.688. The first-order valence-electron chi connectivity index (χ1n) is 6.30. The number of aromatic nitrogens is 1. The number of sulfone groups is 1. The van der Waals surface area contributed by atoms with Crippen molar-refractivity contribution in [1.82, 2.24) is 4.98 Å². The molecule has 0 saturated carbocycles. The average Bonchev–Trinajstić information content (AvgIpc) is 2.76. The van der Waals surface area contributed by atoms with Gasteiger partial charge < -0.3 is 5.32 Å². The van der Waals surface area contributed by atoms with E-state index >= 15 is 0 Å². The monoisotopic (exact) mass is 312 g/mol. The molecule has 0 unspecified atom stereocenters. The van der Waals surface area contributed by atoms with Gasteiger partial charge in [-0.3, -0.25) is 4.79 Å². The number of hydrogen-bond donors (Lipinski definition) is 1. The number of anilines is 1. The van der Waals surface area contributed by atoms with E-state index in [9.17, 15) is 13.2 Å². The quantitative estimate of drug-likeness (QED) is 0.921. The molecule has 1 N–H and O–H groups in total. The predicted molar refractivity (Wildman–Crippen MR) is 80.9 cm³/mol. The van der Waals surface area contributed by atoms with E-state index in [0.717, 1.165) is 17.5 Å². The van der Waals surface area contributed by atoms with E-state index in [1.165, 1.54) is 23.7 Å². The van der Waals surface area contributed by atoms with Gasteiger partial charge in [-0.05, 0) is 24.6 Å². The highest BCUT2D eigenvalue weighted by atomic mass is 32.2. The number of nitrogens with zero attached hydrogens (tertiary/aromatic N) is 1. The second kappa shape index (κ2) is 5.88. The zero-order valence-electron chi connectivity index (χ0n) is 11.3. The van der Waals surface area contributed by atoms with E-state index < -0.39 is 9.84 Å². The molecule has 20 heavy (non-hydrogen) atoms. The van der Waals surface area contributed by atoms with Crippen LogP contribution in [0.25, 0.3) is 10.2 Å². The molecule has 1 heterocycles. The van der Waals surface area contributed by atoms with Crippen LogP contribution in [0.15, 0.2) is 23.1 Å². The van der Waals surface area contributed by atoms with Crippen molar-refractivity contribution in [2.24, 2.45) is 0 Å². The summed E-state index contributed by atoms with van der Waals surface area (Å²) in [6, 6.07) is 4.77. The number of carbonyl (C=O) groups is 1. The average molecular weight is 312 g/mol. The summed E-state index contributed by atoms with van der Waals surface area (Å²) in [5.74, 6) is -0.0609. The fourth-order valence-electron chi connectivity index (χ4n) is 1.71. The third-order valence-electron chi connectivity index (χ3n) is 2.79. The number of unbranched alkanes of at least 4 members (excludes halogenated alkanes) is 1. The van der Waals surface area contributed by atoms with Gasteiger partial charge in [-0.1, -0.05) is 24.7 Å². The summed E-state index contributed by atoms with van der Waals surface area (Å²) in [7, 11) is -3.23. The molecule has 0 aliphatic heterocycles. The summed E-state index contributed by atoms with van der Waals surface area (Å²) in [4.78, 5) is 16.2. The highest BCUT2D eigenvalue weighted by molar-refractivity contribution is 7.90. The first-order valence-corrected chi connectivity index (χ1v) is 9.01. The number of fused-ring (bicyclic) bond motifs is 1. The highest BCUT2D eigenvalue weighted by Gasteiger charge is 2.11. The molecule has 0 bridgehead atoms. The normalized spacial score (nSPS) is 11.7. The van der Waals surface area contributed by atoms with E-state index in [1.807, 2.05) is 6.92 Å². The Kier molecular flexibility index (Phi) is 4.39. The van der Waals surface area contributed by atoms with Crippen molar-refractivity contribution >= 4 is 42.4 Å². The van der Waals surface area contributed by atoms with Crippen molar-refractivity contribution in [3.05, 3.63) is 18.2 Å². The molecule has 1 aromatic heterocycles. The van der Waals surface area contributed by atoms with Gasteiger partial charge in [0.2, 0.25) is 5.91 Å². The van der Waals surface area contributed by atoms with Crippen molar-refractivity contribution in [1.29, 1.82) is 0 Å². The molecule has 1 amide bonds. The highest BCUT2D eigenvalue weighted by Crippen LogP contribution is 2.28. The van der Waals surface area contributed by atoms with Crippen molar-refractivity contribution in [2.75, 3.05) is 11.6 Å². The maximum atomic E-state index is 11.6. The minimum Gasteiger partial charge on any atom is -0.302 e. The van der Waals surface area contributed by atoms with Gasteiger partial charge in [0.15, 0.2) is 15.0 Å². The van der Waals surface area contributed by atoms with Crippen molar-refractivity contribution in [2.45, 2.75) is 31.1 Å². The number of nitrogens with one attached hydrogen (secondary N) is 1. The van der Waals surface area contributed by atoms with Crippen LogP contribution in [0.4, 0.5) is 5.13 Å². The first kappa shape index (κ1) is 14.9. The maximum Gasteiger partial charge on any atom is 0.226 e. The molecule has 5 nitrogen and oxygen atoms in total. The molecule has 2 aromatic rings. The zero-order chi connectivity index (χ0) is 14.8. The maximum absolute atomic E-state index is 11.6. The molecule has 0 saturated heterocycles. The zero-order valence-corrected chi connectivity index (χ0v) is 13.0. The number of hydrogen-bond acceptors (Lipinski definition) is 5. The fraction of sp³-hybridized carbons (Fsp3) is 0.385. The Bertz CT molecular complexity index is 735. The molecule has 0 atom stereocenters. The Morgan fingerprint density at radius 2 is 2.15 bits per heavy atom. The summed E-state index contributed by atoms with van der Waals surface area (Å²) in [5, 5.41) is 3.25.